The predicted octanol–water partition coefficient (Wildman–Crippen LogP) is 4.46. The van der Waals surface area contributed by atoms with Crippen LogP contribution in [0.5, 0.6) is 11.5 Å². The van der Waals surface area contributed by atoms with Crippen LogP contribution >= 0.6 is 0 Å². The first-order valence-corrected chi connectivity index (χ1v) is 7.99. The first-order valence-electron chi connectivity index (χ1n) is 7.99. The van der Waals surface area contributed by atoms with Crippen molar-refractivity contribution in [1.82, 2.24) is 0 Å². The highest BCUT2D eigenvalue weighted by Gasteiger charge is 2.12. The van der Waals surface area contributed by atoms with Crippen molar-refractivity contribution in [3.05, 3.63) is 34.2 Å². The van der Waals surface area contributed by atoms with E-state index in [4.69, 9.17) is 13.9 Å². The van der Waals surface area contributed by atoms with E-state index in [1.165, 1.54) is 6.07 Å². The molecule has 2 aromatic rings. The maximum atomic E-state index is 11.6. The largest absolute Gasteiger partial charge is 0.493 e. The Morgan fingerprint density at radius 2 is 1.68 bits per heavy atom. The van der Waals surface area contributed by atoms with Gasteiger partial charge in [-0.2, -0.15) is 0 Å². The monoisotopic (exact) mass is 304 g/mol. The Morgan fingerprint density at radius 1 is 1.00 bits per heavy atom. The summed E-state index contributed by atoms with van der Waals surface area (Å²) >= 11 is 0. The van der Waals surface area contributed by atoms with E-state index in [2.05, 4.69) is 13.8 Å². The normalized spacial score (nSPS) is 10.9. The van der Waals surface area contributed by atoms with Crippen molar-refractivity contribution in [2.75, 3.05) is 13.2 Å². The molecule has 4 heteroatoms. The number of hydrogen-bond donors (Lipinski definition) is 0. The molecule has 1 aromatic carbocycles. The van der Waals surface area contributed by atoms with Crippen LogP contribution in [-0.2, 0) is 0 Å². The van der Waals surface area contributed by atoms with Crippen LogP contribution in [0.15, 0.2) is 27.4 Å². The van der Waals surface area contributed by atoms with Crippen LogP contribution in [0.1, 0.15) is 45.1 Å². The summed E-state index contributed by atoms with van der Waals surface area (Å²) in [7, 11) is 0. The van der Waals surface area contributed by atoms with Crippen LogP contribution in [0.25, 0.3) is 11.0 Å². The highest BCUT2D eigenvalue weighted by Crippen LogP contribution is 2.33. The van der Waals surface area contributed by atoms with Gasteiger partial charge in [-0.15, -0.1) is 0 Å². The zero-order chi connectivity index (χ0) is 15.9. The minimum Gasteiger partial charge on any atom is -0.493 e. The number of ether oxygens (including phenoxy) is 2. The van der Waals surface area contributed by atoms with Gasteiger partial charge in [0.2, 0.25) is 0 Å². The van der Waals surface area contributed by atoms with E-state index in [0.717, 1.165) is 42.4 Å². The standard InChI is InChI=1S/C18H24O4/c1-4-6-8-20-14-11-15(21-9-7-5-2)18-13(3)10-17(19)22-16(18)12-14/h10-12H,4-9H2,1-3H3. The second-order valence-corrected chi connectivity index (χ2v) is 5.45. The number of rotatable bonds is 8. The summed E-state index contributed by atoms with van der Waals surface area (Å²) in [6, 6.07) is 5.15. The number of aryl methyl sites for hydroxylation is 1. The molecule has 0 bridgehead atoms. The molecule has 0 unspecified atom stereocenters. The molecule has 0 aliphatic carbocycles. The molecular formula is C18H24O4. The molecule has 120 valence electrons. The Bertz CT molecular complexity index is 673. The van der Waals surface area contributed by atoms with Crippen molar-refractivity contribution in [3.63, 3.8) is 0 Å². The third-order valence-corrected chi connectivity index (χ3v) is 3.50. The Balaban J connectivity index is 2.39. The first-order chi connectivity index (χ1) is 10.7. The minimum atomic E-state index is -0.352. The van der Waals surface area contributed by atoms with Crippen molar-refractivity contribution < 1.29 is 13.9 Å². The summed E-state index contributed by atoms with van der Waals surface area (Å²) < 4.78 is 16.9. The third kappa shape index (κ3) is 4.03. The molecule has 22 heavy (non-hydrogen) atoms. The van der Waals surface area contributed by atoms with E-state index in [0.29, 0.717) is 24.5 Å². The molecule has 0 aliphatic rings. The average Bonchev–Trinajstić information content (AvgIpc) is 2.47. The van der Waals surface area contributed by atoms with Crippen LogP contribution in [0.4, 0.5) is 0 Å². The lowest BCUT2D eigenvalue weighted by molar-refractivity contribution is 0.296. The fourth-order valence-electron chi connectivity index (χ4n) is 2.28. The van der Waals surface area contributed by atoms with Crippen molar-refractivity contribution >= 4 is 11.0 Å². The second kappa shape index (κ2) is 7.87. The van der Waals surface area contributed by atoms with Gasteiger partial charge < -0.3 is 13.9 Å². The van der Waals surface area contributed by atoms with Gasteiger partial charge in [-0.05, 0) is 25.3 Å². The number of fused-ring (bicyclic) bond motifs is 1. The smallest absolute Gasteiger partial charge is 0.336 e. The van der Waals surface area contributed by atoms with Crippen LogP contribution in [0.3, 0.4) is 0 Å². The maximum absolute atomic E-state index is 11.6. The Morgan fingerprint density at radius 3 is 2.36 bits per heavy atom. The Labute approximate surface area is 131 Å². The van der Waals surface area contributed by atoms with Gasteiger partial charge in [0.1, 0.15) is 17.1 Å². The summed E-state index contributed by atoms with van der Waals surface area (Å²) in [5.41, 5.74) is 1.03. The van der Waals surface area contributed by atoms with E-state index in [1.54, 1.807) is 6.07 Å². The first kappa shape index (κ1) is 16.4. The summed E-state index contributed by atoms with van der Waals surface area (Å²) in [4.78, 5) is 11.6. The van der Waals surface area contributed by atoms with Crippen LogP contribution in [-0.4, -0.2) is 13.2 Å². The van der Waals surface area contributed by atoms with E-state index in [9.17, 15) is 4.79 Å². The Kier molecular flexibility index (Phi) is 5.87. The molecule has 0 spiro atoms. The highest BCUT2D eigenvalue weighted by atomic mass is 16.5. The van der Waals surface area contributed by atoms with Gasteiger partial charge in [-0.1, -0.05) is 26.7 Å². The minimum absolute atomic E-state index is 0.352. The van der Waals surface area contributed by atoms with Gasteiger partial charge in [-0.3, -0.25) is 0 Å². The maximum Gasteiger partial charge on any atom is 0.336 e. The number of hydrogen-bond acceptors (Lipinski definition) is 4. The van der Waals surface area contributed by atoms with Gasteiger partial charge in [0, 0.05) is 18.2 Å². The molecule has 0 amide bonds. The number of unbranched alkanes of at least 4 members (excludes halogenated alkanes) is 2. The van der Waals surface area contributed by atoms with Crippen molar-refractivity contribution in [3.8, 4) is 11.5 Å². The lowest BCUT2D eigenvalue weighted by Crippen LogP contribution is -2.03. The molecule has 0 atom stereocenters. The summed E-state index contributed by atoms with van der Waals surface area (Å²) in [6.07, 6.45) is 4.11. The molecule has 0 radical (unpaired) electrons. The summed E-state index contributed by atoms with van der Waals surface area (Å²) in [6.45, 7) is 7.42. The van der Waals surface area contributed by atoms with Crippen LogP contribution < -0.4 is 15.1 Å². The molecule has 0 saturated carbocycles. The molecular weight excluding hydrogens is 280 g/mol. The van der Waals surface area contributed by atoms with E-state index >= 15 is 0 Å². The Hall–Kier alpha value is -1.97. The SMILES string of the molecule is CCCCOc1cc(OCCCC)c2c(C)cc(=O)oc2c1. The van der Waals surface area contributed by atoms with E-state index in [-0.39, 0.29) is 5.63 Å². The molecule has 0 aliphatic heterocycles. The fourth-order valence-corrected chi connectivity index (χ4v) is 2.28. The third-order valence-electron chi connectivity index (χ3n) is 3.50. The fraction of sp³-hybridized carbons (Fsp3) is 0.500. The van der Waals surface area contributed by atoms with Gasteiger partial charge >= 0.3 is 5.63 Å². The van der Waals surface area contributed by atoms with Crippen LogP contribution in [0, 0.1) is 6.92 Å². The lowest BCUT2D eigenvalue weighted by atomic mass is 10.1. The summed E-state index contributed by atoms with van der Waals surface area (Å²) in [5.74, 6) is 1.40. The molecule has 1 aromatic heterocycles. The van der Waals surface area contributed by atoms with Crippen molar-refractivity contribution in [2.45, 2.75) is 46.5 Å². The van der Waals surface area contributed by atoms with Crippen molar-refractivity contribution in [2.24, 2.45) is 0 Å². The molecule has 0 saturated heterocycles. The molecule has 4 nitrogen and oxygen atoms in total. The average molecular weight is 304 g/mol. The molecule has 1 heterocycles. The van der Waals surface area contributed by atoms with Gasteiger partial charge in [0.25, 0.3) is 0 Å². The van der Waals surface area contributed by atoms with Crippen LogP contribution in [0.2, 0.25) is 0 Å². The quantitative estimate of drug-likeness (QED) is 0.533. The molecule has 0 N–H and O–H groups in total. The topological polar surface area (TPSA) is 48.7 Å². The molecule has 2 rings (SSSR count). The lowest BCUT2D eigenvalue weighted by Gasteiger charge is -2.13. The highest BCUT2D eigenvalue weighted by molar-refractivity contribution is 5.88. The van der Waals surface area contributed by atoms with E-state index < -0.39 is 0 Å². The number of benzene rings is 1. The van der Waals surface area contributed by atoms with E-state index in [1.807, 2.05) is 13.0 Å². The zero-order valence-corrected chi connectivity index (χ0v) is 13.6. The summed E-state index contributed by atoms with van der Waals surface area (Å²) in [5, 5.41) is 0.846. The predicted molar refractivity (Wildman–Crippen MR) is 88.0 cm³/mol. The van der Waals surface area contributed by atoms with Gasteiger partial charge in [-0.25, -0.2) is 4.79 Å². The molecule has 0 fully saturated rings. The van der Waals surface area contributed by atoms with Gasteiger partial charge in [0.05, 0.1) is 18.6 Å². The van der Waals surface area contributed by atoms with Crippen molar-refractivity contribution in [1.29, 1.82) is 0 Å². The second-order valence-electron chi connectivity index (χ2n) is 5.45. The zero-order valence-electron chi connectivity index (χ0n) is 13.6. The van der Waals surface area contributed by atoms with Gasteiger partial charge in [0.15, 0.2) is 0 Å².